The van der Waals surface area contributed by atoms with E-state index in [0.29, 0.717) is 11.3 Å². The number of ether oxygens (including phenoxy) is 1. The maximum Gasteiger partial charge on any atom is 0.259 e. The quantitative estimate of drug-likeness (QED) is 0.943. The van der Waals surface area contributed by atoms with Crippen LogP contribution < -0.4 is 15.0 Å². The van der Waals surface area contributed by atoms with Crippen LogP contribution in [0, 0.1) is 0 Å². The molecule has 0 fully saturated rings. The zero-order chi connectivity index (χ0) is 17.1. The molecule has 0 unspecified atom stereocenters. The fourth-order valence-electron chi connectivity index (χ4n) is 3.03. The Hall–Kier alpha value is -2.82. The molecular formula is C19H20N2O3. The third-order valence-corrected chi connectivity index (χ3v) is 4.19. The molecule has 2 aromatic rings. The van der Waals surface area contributed by atoms with Crippen molar-refractivity contribution in [2.45, 2.75) is 19.8 Å². The number of hydrogen-bond donors (Lipinski definition) is 1. The Morgan fingerprint density at radius 1 is 1.17 bits per heavy atom. The van der Waals surface area contributed by atoms with Crippen molar-refractivity contribution in [3.63, 3.8) is 0 Å². The number of carbonyl (C=O) groups excluding carboxylic acids is 2. The number of fused-ring (bicyclic) bond motifs is 1. The second-order valence-electron chi connectivity index (χ2n) is 5.77. The predicted octanol–water partition coefficient (Wildman–Crippen LogP) is 3.25. The number of anilines is 2. The number of rotatable bonds is 3. The highest BCUT2D eigenvalue weighted by Crippen LogP contribution is 2.30. The lowest BCUT2D eigenvalue weighted by molar-refractivity contribution is -0.116. The van der Waals surface area contributed by atoms with Crippen LogP contribution >= 0.6 is 0 Å². The predicted molar refractivity (Wildman–Crippen MR) is 93.7 cm³/mol. The molecule has 2 amide bonds. The van der Waals surface area contributed by atoms with E-state index in [1.807, 2.05) is 24.3 Å². The van der Waals surface area contributed by atoms with Crippen LogP contribution in [0.3, 0.4) is 0 Å². The Kier molecular flexibility index (Phi) is 4.51. The average Bonchev–Trinajstić information content (AvgIpc) is 2.60. The van der Waals surface area contributed by atoms with E-state index in [4.69, 9.17) is 4.74 Å². The summed E-state index contributed by atoms with van der Waals surface area (Å²) in [6.07, 6.45) is 1.83. The molecular weight excluding hydrogens is 304 g/mol. The molecule has 5 heteroatoms. The van der Waals surface area contributed by atoms with Gasteiger partial charge < -0.3 is 15.0 Å². The third-order valence-electron chi connectivity index (χ3n) is 4.19. The van der Waals surface area contributed by atoms with Gasteiger partial charge in [-0.3, -0.25) is 9.59 Å². The molecule has 0 saturated heterocycles. The minimum absolute atomic E-state index is 0.0433. The van der Waals surface area contributed by atoms with Gasteiger partial charge in [-0.25, -0.2) is 0 Å². The SMILES string of the molecule is COc1ccccc1C(=O)Nc1ccc2c(c1)CCCN2C(C)=O. The smallest absolute Gasteiger partial charge is 0.259 e. The van der Waals surface area contributed by atoms with Crippen molar-refractivity contribution >= 4 is 23.2 Å². The molecule has 1 aliphatic rings. The Morgan fingerprint density at radius 2 is 1.96 bits per heavy atom. The molecule has 0 aliphatic carbocycles. The minimum atomic E-state index is -0.216. The summed E-state index contributed by atoms with van der Waals surface area (Å²) in [5, 5.41) is 2.90. The highest BCUT2D eigenvalue weighted by atomic mass is 16.5. The van der Waals surface area contributed by atoms with Crippen LogP contribution in [0.4, 0.5) is 11.4 Å². The lowest BCUT2D eigenvalue weighted by Gasteiger charge is -2.29. The maximum atomic E-state index is 12.5. The zero-order valence-electron chi connectivity index (χ0n) is 13.8. The number of benzene rings is 2. The van der Waals surface area contributed by atoms with E-state index in [1.54, 1.807) is 37.1 Å². The summed E-state index contributed by atoms with van der Waals surface area (Å²) in [7, 11) is 1.54. The van der Waals surface area contributed by atoms with Gasteiger partial charge in [0.25, 0.3) is 5.91 Å². The topological polar surface area (TPSA) is 58.6 Å². The van der Waals surface area contributed by atoms with E-state index in [9.17, 15) is 9.59 Å². The molecule has 0 saturated carbocycles. The molecule has 0 spiro atoms. The van der Waals surface area contributed by atoms with Crippen molar-refractivity contribution in [3.05, 3.63) is 53.6 Å². The lowest BCUT2D eigenvalue weighted by atomic mass is 10.0. The number of aryl methyl sites for hydroxylation is 1. The van der Waals surface area contributed by atoms with Gasteiger partial charge in [0.05, 0.1) is 12.7 Å². The molecule has 1 heterocycles. The molecule has 3 rings (SSSR count). The number of nitrogens with one attached hydrogen (secondary N) is 1. The molecule has 1 N–H and O–H groups in total. The van der Waals surface area contributed by atoms with Crippen molar-refractivity contribution in [3.8, 4) is 5.75 Å². The number of para-hydroxylation sites is 1. The summed E-state index contributed by atoms with van der Waals surface area (Å²) in [4.78, 5) is 26.0. The Labute approximate surface area is 141 Å². The van der Waals surface area contributed by atoms with Crippen LogP contribution in [0.25, 0.3) is 0 Å². The molecule has 0 atom stereocenters. The average molecular weight is 324 g/mol. The van der Waals surface area contributed by atoms with Crippen LogP contribution in [0.5, 0.6) is 5.75 Å². The number of nitrogens with zero attached hydrogens (tertiary/aromatic N) is 1. The number of amides is 2. The molecule has 0 bridgehead atoms. The van der Waals surface area contributed by atoms with Gasteiger partial charge in [-0.2, -0.15) is 0 Å². The van der Waals surface area contributed by atoms with E-state index in [1.165, 1.54) is 0 Å². The van der Waals surface area contributed by atoms with Gasteiger partial charge in [-0.1, -0.05) is 12.1 Å². The first kappa shape index (κ1) is 16.1. The number of hydrogen-bond acceptors (Lipinski definition) is 3. The first-order valence-corrected chi connectivity index (χ1v) is 7.95. The summed E-state index contributed by atoms with van der Waals surface area (Å²) >= 11 is 0. The molecule has 0 radical (unpaired) electrons. The first-order chi connectivity index (χ1) is 11.6. The largest absolute Gasteiger partial charge is 0.496 e. The van der Waals surface area contributed by atoms with Crippen LogP contribution in [0.1, 0.15) is 29.3 Å². The molecule has 1 aliphatic heterocycles. The highest BCUT2D eigenvalue weighted by Gasteiger charge is 2.20. The number of methoxy groups -OCH3 is 1. The normalized spacial score (nSPS) is 13.2. The van der Waals surface area contributed by atoms with E-state index >= 15 is 0 Å². The minimum Gasteiger partial charge on any atom is -0.496 e. The third kappa shape index (κ3) is 3.11. The van der Waals surface area contributed by atoms with Gasteiger partial charge in [-0.05, 0) is 48.7 Å². The van der Waals surface area contributed by atoms with E-state index in [0.717, 1.165) is 36.3 Å². The van der Waals surface area contributed by atoms with Gasteiger partial charge in [0.2, 0.25) is 5.91 Å². The van der Waals surface area contributed by atoms with Crippen LogP contribution in [0.15, 0.2) is 42.5 Å². The van der Waals surface area contributed by atoms with Crippen molar-refractivity contribution in [1.29, 1.82) is 0 Å². The van der Waals surface area contributed by atoms with Crippen LogP contribution in [0.2, 0.25) is 0 Å². The molecule has 2 aromatic carbocycles. The molecule has 124 valence electrons. The van der Waals surface area contributed by atoms with Gasteiger partial charge in [0, 0.05) is 24.8 Å². The van der Waals surface area contributed by atoms with Crippen molar-refractivity contribution in [1.82, 2.24) is 0 Å². The summed E-state index contributed by atoms with van der Waals surface area (Å²) in [6, 6.07) is 12.8. The van der Waals surface area contributed by atoms with E-state index in [2.05, 4.69) is 5.32 Å². The Morgan fingerprint density at radius 3 is 2.71 bits per heavy atom. The number of carbonyl (C=O) groups is 2. The molecule has 5 nitrogen and oxygen atoms in total. The maximum absolute atomic E-state index is 12.5. The summed E-state index contributed by atoms with van der Waals surface area (Å²) in [5.41, 5.74) is 3.22. The molecule has 24 heavy (non-hydrogen) atoms. The second kappa shape index (κ2) is 6.74. The van der Waals surface area contributed by atoms with Gasteiger partial charge in [-0.15, -0.1) is 0 Å². The second-order valence-corrected chi connectivity index (χ2v) is 5.77. The van der Waals surface area contributed by atoms with Crippen LogP contribution in [-0.2, 0) is 11.2 Å². The fourth-order valence-corrected chi connectivity index (χ4v) is 3.03. The summed E-state index contributed by atoms with van der Waals surface area (Å²) in [5.74, 6) is 0.365. The standard InChI is InChI=1S/C19H20N2O3/c1-13(22)21-11-5-6-14-12-15(9-10-17(14)21)20-19(23)16-7-3-4-8-18(16)24-2/h3-4,7-10,12H,5-6,11H2,1-2H3,(H,20,23). The van der Waals surface area contributed by atoms with Crippen molar-refractivity contribution < 1.29 is 14.3 Å². The van der Waals surface area contributed by atoms with Crippen LogP contribution in [-0.4, -0.2) is 25.5 Å². The van der Waals surface area contributed by atoms with Crippen molar-refractivity contribution in [2.24, 2.45) is 0 Å². The first-order valence-electron chi connectivity index (χ1n) is 7.95. The zero-order valence-corrected chi connectivity index (χ0v) is 13.8. The van der Waals surface area contributed by atoms with Gasteiger partial charge in [0.1, 0.15) is 5.75 Å². The lowest BCUT2D eigenvalue weighted by Crippen LogP contribution is -2.33. The Balaban J connectivity index is 1.84. The monoisotopic (exact) mass is 324 g/mol. The highest BCUT2D eigenvalue weighted by molar-refractivity contribution is 6.06. The van der Waals surface area contributed by atoms with Gasteiger partial charge >= 0.3 is 0 Å². The Bertz CT molecular complexity index is 786. The summed E-state index contributed by atoms with van der Waals surface area (Å²) in [6.45, 7) is 2.32. The van der Waals surface area contributed by atoms with E-state index in [-0.39, 0.29) is 11.8 Å². The fraction of sp³-hybridized carbons (Fsp3) is 0.263. The van der Waals surface area contributed by atoms with Crippen molar-refractivity contribution in [2.75, 3.05) is 23.9 Å². The summed E-state index contributed by atoms with van der Waals surface area (Å²) < 4.78 is 5.23. The van der Waals surface area contributed by atoms with Gasteiger partial charge in [0.15, 0.2) is 0 Å². The molecule has 0 aromatic heterocycles. The van der Waals surface area contributed by atoms with E-state index < -0.39 is 0 Å².